The van der Waals surface area contributed by atoms with Gasteiger partial charge in [0.25, 0.3) is 0 Å². The standard InChI is InChI=1S/C19H26O3/c1-5-10-17(6-2)19(21,18(20)22-15(3)4)14-13-16-11-8-7-9-12-16/h6-9,11-15,17,21H,2,5,10H2,1,3-4H3/b14-13+/t17-,19-/m0/s1. The van der Waals surface area contributed by atoms with Gasteiger partial charge in [-0.3, -0.25) is 0 Å². The first-order valence-electron chi connectivity index (χ1n) is 7.74. The van der Waals surface area contributed by atoms with Crippen LogP contribution in [0.15, 0.2) is 49.1 Å². The summed E-state index contributed by atoms with van der Waals surface area (Å²) in [5.74, 6) is -1.02. The number of aliphatic hydroxyl groups is 1. The van der Waals surface area contributed by atoms with E-state index in [9.17, 15) is 9.90 Å². The summed E-state index contributed by atoms with van der Waals surface area (Å²) in [6, 6.07) is 9.55. The van der Waals surface area contributed by atoms with Crippen LogP contribution in [0, 0.1) is 5.92 Å². The molecule has 1 aromatic carbocycles. The molecule has 1 N–H and O–H groups in total. The van der Waals surface area contributed by atoms with Crippen LogP contribution in [0.25, 0.3) is 6.08 Å². The summed E-state index contributed by atoms with van der Waals surface area (Å²) < 4.78 is 5.24. The summed E-state index contributed by atoms with van der Waals surface area (Å²) in [6.45, 7) is 9.30. The van der Waals surface area contributed by atoms with Crippen LogP contribution >= 0.6 is 0 Å². The minimum atomic E-state index is -1.70. The first kappa shape index (κ1) is 18.2. The van der Waals surface area contributed by atoms with Crippen molar-refractivity contribution in [1.29, 1.82) is 0 Å². The van der Waals surface area contributed by atoms with Gasteiger partial charge < -0.3 is 9.84 Å². The Morgan fingerprint density at radius 3 is 2.50 bits per heavy atom. The van der Waals surface area contributed by atoms with Gasteiger partial charge in [-0.25, -0.2) is 4.79 Å². The molecule has 3 nitrogen and oxygen atoms in total. The Morgan fingerprint density at radius 1 is 1.36 bits per heavy atom. The Balaban J connectivity index is 3.11. The molecule has 3 heteroatoms. The number of carbonyl (C=O) groups excluding carboxylic acids is 1. The van der Waals surface area contributed by atoms with Crippen molar-refractivity contribution in [2.75, 3.05) is 0 Å². The van der Waals surface area contributed by atoms with E-state index in [2.05, 4.69) is 6.58 Å². The molecule has 0 aromatic heterocycles. The predicted molar refractivity (Wildman–Crippen MR) is 90.2 cm³/mol. The number of ether oxygens (including phenoxy) is 1. The summed E-state index contributed by atoms with van der Waals surface area (Å²) >= 11 is 0. The third-order valence-electron chi connectivity index (χ3n) is 3.45. The molecule has 0 heterocycles. The highest BCUT2D eigenvalue weighted by Gasteiger charge is 2.41. The fraction of sp³-hybridized carbons (Fsp3) is 0.421. The molecule has 1 aromatic rings. The minimum Gasteiger partial charge on any atom is -0.461 e. The lowest BCUT2D eigenvalue weighted by Gasteiger charge is -2.30. The lowest BCUT2D eigenvalue weighted by molar-refractivity contribution is -0.168. The summed E-state index contributed by atoms with van der Waals surface area (Å²) in [5.41, 5.74) is -0.782. The van der Waals surface area contributed by atoms with Crippen molar-refractivity contribution in [3.05, 3.63) is 54.6 Å². The van der Waals surface area contributed by atoms with Gasteiger partial charge in [0.15, 0.2) is 5.60 Å². The van der Waals surface area contributed by atoms with E-state index in [1.165, 1.54) is 6.08 Å². The van der Waals surface area contributed by atoms with Crippen LogP contribution in [0.4, 0.5) is 0 Å². The van der Waals surface area contributed by atoms with E-state index in [1.807, 2.05) is 37.3 Å². The number of hydrogen-bond acceptors (Lipinski definition) is 3. The summed E-state index contributed by atoms with van der Waals surface area (Å²) in [4.78, 5) is 12.4. The maximum absolute atomic E-state index is 12.4. The maximum Gasteiger partial charge on any atom is 0.343 e. The van der Waals surface area contributed by atoms with E-state index in [4.69, 9.17) is 4.74 Å². The second-order valence-electron chi connectivity index (χ2n) is 5.65. The SMILES string of the molecule is C=C[C@@H](CCC)[C@@](O)(/C=C/c1ccccc1)C(=O)OC(C)C. The average molecular weight is 302 g/mol. The second kappa shape index (κ2) is 8.54. The topological polar surface area (TPSA) is 46.5 Å². The Hall–Kier alpha value is -1.87. The molecule has 0 saturated carbocycles. The summed E-state index contributed by atoms with van der Waals surface area (Å²) in [7, 11) is 0. The fourth-order valence-electron chi connectivity index (χ4n) is 2.27. The average Bonchev–Trinajstić information content (AvgIpc) is 2.50. The van der Waals surface area contributed by atoms with Gasteiger partial charge in [0.05, 0.1) is 6.10 Å². The zero-order valence-electron chi connectivity index (χ0n) is 13.7. The van der Waals surface area contributed by atoms with Crippen LogP contribution in [-0.4, -0.2) is 22.8 Å². The highest BCUT2D eigenvalue weighted by atomic mass is 16.6. The summed E-state index contributed by atoms with van der Waals surface area (Å²) in [5, 5.41) is 10.9. The highest BCUT2D eigenvalue weighted by Crippen LogP contribution is 2.28. The Kier molecular flexibility index (Phi) is 7.06. The number of hydrogen-bond donors (Lipinski definition) is 1. The van der Waals surface area contributed by atoms with Crippen molar-refractivity contribution < 1.29 is 14.6 Å². The van der Waals surface area contributed by atoms with Gasteiger partial charge in [0, 0.05) is 5.92 Å². The molecule has 1 rings (SSSR count). The highest BCUT2D eigenvalue weighted by molar-refractivity contribution is 5.84. The molecule has 22 heavy (non-hydrogen) atoms. The third-order valence-corrected chi connectivity index (χ3v) is 3.45. The molecular weight excluding hydrogens is 276 g/mol. The summed E-state index contributed by atoms with van der Waals surface area (Å²) in [6.07, 6.45) is 6.11. The molecule has 0 unspecified atom stereocenters. The van der Waals surface area contributed by atoms with Gasteiger partial charge in [-0.15, -0.1) is 6.58 Å². The molecule has 0 aliphatic rings. The monoisotopic (exact) mass is 302 g/mol. The third kappa shape index (κ3) is 4.85. The van der Waals surface area contributed by atoms with Gasteiger partial charge in [0.2, 0.25) is 0 Å². The molecule has 0 radical (unpaired) electrons. The van der Waals surface area contributed by atoms with Gasteiger partial charge >= 0.3 is 5.97 Å². The maximum atomic E-state index is 12.4. The number of benzene rings is 1. The van der Waals surface area contributed by atoms with Crippen LogP contribution in [0.3, 0.4) is 0 Å². The Labute approximate surface area is 133 Å². The number of rotatable bonds is 8. The molecular formula is C19H26O3. The van der Waals surface area contributed by atoms with Crippen LogP contribution < -0.4 is 0 Å². The van der Waals surface area contributed by atoms with Crippen LogP contribution in [0.5, 0.6) is 0 Å². The molecule has 0 aliphatic carbocycles. The smallest absolute Gasteiger partial charge is 0.343 e. The predicted octanol–water partition coefficient (Wildman–Crippen LogP) is 3.98. The zero-order chi connectivity index (χ0) is 16.6. The second-order valence-corrected chi connectivity index (χ2v) is 5.65. The van der Waals surface area contributed by atoms with E-state index in [-0.39, 0.29) is 12.0 Å². The van der Waals surface area contributed by atoms with E-state index in [0.29, 0.717) is 6.42 Å². The molecule has 0 fully saturated rings. The lowest BCUT2D eigenvalue weighted by atomic mass is 9.83. The normalized spacial score (nSPS) is 15.5. The molecule has 2 atom stereocenters. The Morgan fingerprint density at radius 2 is 2.00 bits per heavy atom. The van der Waals surface area contributed by atoms with Gasteiger partial charge in [0.1, 0.15) is 0 Å². The van der Waals surface area contributed by atoms with Crippen LogP contribution in [-0.2, 0) is 9.53 Å². The molecule has 0 amide bonds. The minimum absolute atomic E-state index is 0.281. The van der Waals surface area contributed by atoms with Crippen molar-refractivity contribution in [3.8, 4) is 0 Å². The largest absolute Gasteiger partial charge is 0.461 e. The van der Waals surface area contributed by atoms with Crippen molar-refractivity contribution in [3.63, 3.8) is 0 Å². The molecule has 120 valence electrons. The lowest BCUT2D eigenvalue weighted by Crippen LogP contribution is -2.45. The number of carbonyl (C=O) groups is 1. The van der Waals surface area contributed by atoms with E-state index in [1.54, 1.807) is 26.0 Å². The van der Waals surface area contributed by atoms with E-state index >= 15 is 0 Å². The van der Waals surface area contributed by atoms with Crippen molar-refractivity contribution in [1.82, 2.24) is 0 Å². The van der Waals surface area contributed by atoms with Crippen LogP contribution in [0.1, 0.15) is 39.2 Å². The Bertz CT molecular complexity index is 505. The van der Waals surface area contributed by atoms with Crippen molar-refractivity contribution in [2.45, 2.75) is 45.3 Å². The molecule has 0 aliphatic heterocycles. The van der Waals surface area contributed by atoms with Gasteiger partial charge in [-0.05, 0) is 31.9 Å². The van der Waals surface area contributed by atoms with Crippen LogP contribution in [0.2, 0.25) is 0 Å². The van der Waals surface area contributed by atoms with E-state index < -0.39 is 11.6 Å². The zero-order valence-corrected chi connectivity index (χ0v) is 13.7. The fourth-order valence-corrected chi connectivity index (χ4v) is 2.27. The molecule has 0 saturated heterocycles. The van der Waals surface area contributed by atoms with Crippen molar-refractivity contribution in [2.24, 2.45) is 5.92 Å². The molecule has 0 bridgehead atoms. The molecule has 0 spiro atoms. The first-order chi connectivity index (χ1) is 10.4. The van der Waals surface area contributed by atoms with E-state index in [0.717, 1.165) is 12.0 Å². The quantitative estimate of drug-likeness (QED) is 0.583. The van der Waals surface area contributed by atoms with Gasteiger partial charge in [-0.2, -0.15) is 0 Å². The van der Waals surface area contributed by atoms with Crippen molar-refractivity contribution >= 4 is 12.0 Å². The first-order valence-corrected chi connectivity index (χ1v) is 7.74. The van der Waals surface area contributed by atoms with Gasteiger partial charge in [-0.1, -0.05) is 55.8 Å². The number of esters is 1.